The molecule has 2 aliphatic heterocycles. The largest absolute Gasteiger partial charge is 0.493 e. The monoisotopic (exact) mass is 310 g/mol. The first-order valence-electron chi connectivity index (χ1n) is 8.27. The van der Waals surface area contributed by atoms with E-state index in [1.807, 2.05) is 11.0 Å². The van der Waals surface area contributed by atoms with Crippen molar-refractivity contribution in [3.05, 3.63) is 23.3 Å². The van der Waals surface area contributed by atoms with Crippen molar-refractivity contribution >= 4 is 5.78 Å². The van der Waals surface area contributed by atoms with Gasteiger partial charge < -0.3 is 14.4 Å². The van der Waals surface area contributed by atoms with Gasteiger partial charge in [0.05, 0.1) is 12.5 Å². The Labute approximate surface area is 134 Å². The van der Waals surface area contributed by atoms with E-state index in [0.29, 0.717) is 18.9 Å². The predicted molar refractivity (Wildman–Crippen MR) is 81.2 cm³/mol. The molecule has 5 nitrogen and oxygen atoms in total. The van der Waals surface area contributed by atoms with E-state index in [9.17, 15) is 10.1 Å². The fraction of sp³-hybridized carbons (Fsp3) is 0.556. The number of likely N-dealkylation sites (tertiary alicyclic amines) is 1. The first-order chi connectivity index (χ1) is 11.2. The van der Waals surface area contributed by atoms with E-state index in [1.165, 1.54) is 11.1 Å². The predicted octanol–water partition coefficient (Wildman–Crippen LogP) is 1.78. The minimum Gasteiger partial charge on any atom is -0.493 e. The maximum atomic E-state index is 12.6. The third kappa shape index (κ3) is 1.36. The van der Waals surface area contributed by atoms with Crippen molar-refractivity contribution < 1.29 is 14.3 Å². The van der Waals surface area contributed by atoms with Crippen LogP contribution in [0.4, 0.5) is 0 Å². The number of rotatable bonds is 1. The third-order valence-electron chi connectivity index (χ3n) is 6.44. The van der Waals surface area contributed by atoms with Crippen LogP contribution in [0.1, 0.15) is 30.4 Å². The Morgan fingerprint density at radius 3 is 3.13 bits per heavy atom. The van der Waals surface area contributed by atoms with Gasteiger partial charge in [-0.3, -0.25) is 4.79 Å². The van der Waals surface area contributed by atoms with Crippen LogP contribution in [0.3, 0.4) is 0 Å². The molecule has 23 heavy (non-hydrogen) atoms. The van der Waals surface area contributed by atoms with Gasteiger partial charge in [0.2, 0.25) is 0 Å². The van der Waals surface area contributed by atoms with Crippen molar-refractivity contribution in [1.82, 2.24) is 4.90 Å². The van der Waals surface area contributed by atoms with Crippen LogP contribution in [0.25, 0.3) is 0 Å². The third-order valence-corrected chi connectivity index (χ3v) is 6.44. The van der Waals surface area contributed by atoms with Crippen molar-refractivity contribution in [2.24, 2.45) is 5.92 Å². The minimum atomic E-state index is -0.394. The van der Waals surface area contributed by atoms with Crippen LogP contribution in [0, 0.1) is 17.4 Å². The maximum absolute atomic E-state index is 12.6. The zero-order chi connectivity index (χ0) is 15.8. The van der Waals surface area contributed by atoms with Gasteiger partial charge in [-0.05, 0) is 36.8 Å². The lowest BCUT2D eigenvalue weighted by atomic mass is 9.52. The number of carbonyl (C=O) groups excluding carboxylic acids is 1. The lowest BCUT2D eigenvalue weighted by Gasteiger charge is -2.56. The quantitative estimate of drug-likeness (QED) is 0.740. The van der Waals surface area contributed by atoms with Gasteiger partial charge in [-0.25, -0.2) is 0 Å². The van der Waals surface area contributed by atoms with Crippen LogP contribution in [-0.4, -0.2) is 36.5 Å². The number of nitriles is 1. The second-order valence-electron chi connectivity index (χ2n) is 7.10. The highest BCUT2D eigenvalue weighted by Gasteiger charge is 2.66. The summed E-state index contributed by atoms with van der Waals surface area (Å²) in [5.41, 5.74) is 2.18. The summed E-state index contributed by atoms with van der Waals surface area (Å²) in [6.07, 6.45) is 5.06. The molecule has 1 saturated carbocycles. The summed E-state index contributed by atoms with van der Waals surface area (Å²) in [5.74, 6) is 2.02. The number of hydrogen-bond acceptors (Lipinski definition) is 5. The first-order valence-corrected chi connectivity index (χ1v) is 8.27. The van der Waals surface area contributed by atoms with Crippen molar-refractivity contribution in [2.75, 3.05) is 13.7 Å². The molecule has 5 rings (SSSR count). The molecule has 0 amide bonds. The molecule has 118 valence electrons. The zero-order valence-corrected chi connectivity index (χ0v) is 13.0. The SMILES string of the molecule is COc1ccc2c3c1O[C@H]1C(=O)CC[C@H]4[C@@H](C2)N(C#N)CC[C@]314. The van der Waals surface area contributed by atoms with Crippen LogP contribution in [0.15, 0.2) is 12.1 Å². The highest BCUT2D eigenvalue weighted by molar-refractivity contribution is 5.89. The Kier molecular flexibility index (Phi) is 2.41. The normalized spacial score (nSPS) is 36.1. The molecule has 1 spiro atoms. The summed E-state index contributed by atoms with van der Waals surface area (Å²) in [6, 6.07) is 4.22. The highest BCUT2D eigenvalue weighted by Crippen LogP contribution is 2.63. The number of ketones is 1. The average molecular weight is 310 g/mol. The molecule has 0 unspecified atom stereocenters. The number of carbonyl (C=O) groups is 1. The van der Waals surface area contributed by atoms with Gasteiger partial charge in [-0.2, -0.15) is 5.26 Å². The minimum absolute atomic E-state index is 0.194. The molecular formula is C18H18N2O3. The van der Waals surface area contributed by atoms with E-state index in [-0.39, 0.29) is 17.2 Å². The Morgan fingerprint density at radius 2 is 2.35 bits per heavy atom. The number of hydrogen-bond donors (Lipinski definition) is 0. The topological polar surface area (TPSA) is 62.6 Å². The Bertz CT molecular complexity index is 768. The molecule has 1 saturated heterocycles. The fourth-order valence-corrected chi connectivity index (χ4v) is 5.60. The number of piperidine rings is 1. The van der Waals surface area contributed by atoms with E-state index < -0.39 is 6.10 Å². The van der Waals surface area contributed by atoms with Gasteiger partial charge in [0.25, 0.3) is 0 Å². The number of Topliss-reactive ketones (excluding diaryl/α,β-unsaturated/α-hetero) is 1. The molecule has 2 bridgehead atoms. The Hall–Kier alpha value is -2.22. The van der Waals surface area contributed by atoms with Crippen molar-refractivity contribution in [1.29, 1.82) is 5.26 Å². The van der Waals surface area contributed by atoms with Gasteiger partial charge in [-0.1, -0.05) is 6.07 Å². The van der Waals surface area contributed by atoms with E-state index >= 15 is 0 Å². The van der Waals surface area contributed by atoms with Gasteiger partial charge in [0.1, 0.15) is 0 Å². The molecule has 0 radical (unpaired) electrons. The van der Waals surface area contributed by atoms with E-state index in [1.54, 1.807) is 7.11 Å². The van der Waals surface area contributed by atoms with Crippen LogP contribution in [0.2, 0.25) is 0 Å². The van der Waals surface area contributed by atoms with Crippen molar-refractivity contribution in [2.45, 2.75) is 43.2 Å². The highest BCUT2D eigenvalue weighted by atomic mass is 16.5. The summed E-state index contributed by atoms with van der Waals surface area (Å²) in [4.78, 5) is 14.6. The smallest absolute Gasteiger partial charge is 0.179 e. The second kappa shape index (κ2) is 4.19. The van der Waals surface area contributed by atoms with Gasteiger partial charge in [0.15, 0.2) is 29.6 Å². The summed E-state index contributed by atoms with van der Waals surface area (Å²) in [5, 5.41) is 9.51. The summed E-state index contributed by atoms with van der Waals surface area (Å²) in [6.45, 7) is 0.709. The van der Waals surface area contributed by atoms with E-state index in [2.05, 4.69) is 12.3 Å². The number of benzene rings is 1. The molecule has 0 N–H and O–H groups in total. The molecule has 2 fully saturated rings. The van der Waals surface area contributed by atoms with Crippen LogP contribution < -0.4 is 9.47 Å². The van der Waals surface area contributed by atoms with Crippen LogP contribution in [0.5, 0.6) is 11.5 Å². The number of ether oxygens (including phenoxy) is 2. The van der Waals surface area contributed by atoms with Crippen molar-refractivity contribution in [3.8, 4) is 17.7 Å². The van der Waals surface area contributed by atoms with Gasteiger partial charge in [-0.15, -0.1) is 0 Å². The molecular weight excluding hydrogens is 292 g/mol. The number of nitrogens with zero attached hydrogens (tertiary/aromatic N) is 2. The fourth-order valence-electron chi connectivity index (χ4n) is 5.60. The summed E-state index contributed by atoms with van der Waals surface area (Å²) < 4.78 is 11.7. The van der Waals surface area contributed by atoms with Crippen LogP contribution in [-0.2, 0) is 16.6 Å². The van der Waals surface area contributed by atoms with E-state index in [0.717, 1.165) is 30.8 Å². The first kappa shape index (κ1) is 13.2. The standard InChI is InChI=1S/C18H18N2O3/c1-22-14-5-2-10-8-12-11-3-4-13(21)17-18(11,6-7-20(12)9-19)15(10)16(14)23-17/h2,5,11-12,17H,3-4,6-8H2,1H3/t11-,12+,17-,18-/m0/s1. The Balaban J connectivity index is 1.80. The summed E-state index contributed by atoms with van der Waals surface area (Å²) in [7, 11) is 1.64. The van der Waals surface area contributed by atoms with Gasteiger partial charge in [0, 0.05) is 24.6 Å². The average Bonchev–Trinajstić information content (AvgIpc) is 2.91. The molecule has 2 heterocycles. The molecule has 1 aromatic rings. The van der Waals surface area contributed by atoms with Crippen molar-refractivity contribution in [3.63, 3.8) is 0 Å². The molecule has 2 aliphatic carbocycles. The summed E-state index contributed by atoms with van der Waals surface area (Å²) >= 11 is 0. The maximum Gasteiger partial charge on any atom is 0.179 e. The molecule has 0 aromatic heterocycles. The number of methoxy groups -OCH3 is 1. The van der Waals surface area contributed by atoms with Crippen LogP contribution >= 0.6 is 0 Å². The Morgan fingerprint density at radius 1 is 1.48 bits per heavy atom. The molecule has 5 heteroatoms. The molecule has 4 aliphatic rings. The van der Waals surface area contributed by atoms with Gasteiger partial charge >= 0.3 is 0 Å². The molecule has 4 atom stereocenters. The zero-order valence-electron chi connectivity index (χ0n) is 13.0. The second-order valence-corrected chi connectivity index (χ2v) is 7.10. The lowest BCUT2D eigenvalue weighted by Crippen LogP contribution is -2.65. The lowest BCUT2D eigenvalue weighted by molar-refractivity contribution is -0.137. The molecule has 1 aromatic carbocycles. The van der Waals surface area contributed by atoms with E-state index in [4.69, 9.17) is 9.47 Å².